The molecule has 7 heteroatoms. The SMILES string of the molecule is OCc1nnn(CC(O)CO)c1/C=C/c1ccc(Cl)cc1. The lowest BCUT2D eigenvalue weighted by Gasteiger charge is -2.08. The molecule has 0 saturated heterocycles. The highest BCUT2D eigenvalue weighted by molar-refractivity contribution is 6.30. The summed E-state index contributed by atoms with van der Waals surface area (Å²) in [5.74, 6) is 0. The maximum Gasteiger partial charge on any atom is 0.115 e. The molecule has 0 aliphatic carbocycles. The molecule has 21 heavy (non-hydrogen) atoms. The Morgan fingerprint density at radius 2 is 1.90 bits per heavy atom. The maximum atomic E-state index is 9.49. The Hall–Kier alpha value is -1.73. The molecule has 0 aliphatic heterocycles. The van der Waals surface area contributed by atoms with E-state index in [-0.39, 0.29) is 19.8 Å². The van der Waals surface area contributed by atoms with Gasteiger partial charge in [-0.15, -0.1) is 5.10 Å². The third kappa shape index (κ3) is 4.12. The molecule has 0 spiro atoms. The van der Waals surface area contributed by atoms with Gasteiger partial charge >= 0.3 is 0 Å². The molecule has 3 N–H and O–H groups in total. The van der Waals surface area contributed by atoms with Crippen LogP contribution in [0.25, 0.3) is 12.2 Å². The molecule has 0 fully saturated rings. The summed E-state index contributed by atoms with van der Waals surface area (Å²) < 4.78 is 1.44. The second-order valence-electron chi connectivity index (χ2n) is 4.48. The van der Waals surface area contributed by atoms with Crippen LogP contribution in [0.4, 0.5) is 0 Å². The Labute approximate surface area is 126 Å². The molecule has 6 nitrogen and oxygen atoms in total. The van der Waals surface area contributed by atoms with Gasteiger partial charge in [0.25, 0.3) is 0 Å². The minimum Gasteiger partial charge on any atom is -0.394 e. The van der Waals surface area contributed by atoms with Crippen molar-refractivity contribution in [2.45, 2.75) is 19.3 Å². The number of aromatic nitrogens is 3. The van der Waals surface area contributed by atoms with Crippen molar-refractivity contribution in [1.82, 2.24) is 15.0 Å². The van der Waals surface area contributed by atoms with Crippen molar-refractivity contribution in [2.24, 2.45) is 0 Å². The van der Waals surface area contributed by atoms with Crippen LogP contribution in [0.15, 0.2) is 24.3 Å². The standard InChI is InChI=1S/C14H16ClN3O3/c15-11-4-1-10(2-5-11)3-6-14-13(9-20)16-17-18(14)7-12(21)8-19/h1-6,12,19-21H,7-9H2/b6-3+. The van der Waals surface area contributed by atoms with Gasteiger partial charge in [0.1, 0.15) is 5.69 Å². The van der Waals surface area contributed by atoms with E-state index < -0.39 is 6.10 Å². The highest BCUT2D eigenvalue weighted by atomic mass is 35.5. The first-order valence-corrected chi connectivity index (χ1v) is 6.77. The zero-order valence-electron chi connectivity index (χ0n) is 11.2. The number of aliphatic hydroxyl groups is 3. The molecule has 1 heterocycles. The Morgan fingerprint density at radius 1 is 1.19 bits per heavy atom. The quantitative estimate of drug-likeness (QED) is 0.739. The van der Waals surface area contributed by atoms with Crippen molar-refractivity contribution in [3.8, 4) is 0 Å². The summed E-state index contributed by atoms with van der Waals surface area (Å²) in [6.07, 6.45) is 2.65. The zero-order valence-corrected chi connectivity index (χ0v) is 12.0. The summed E-state index contributed by atoms with van der Waals surface area (Å²) in [6, 6.07) is 7.26. The van der Waals surface area contributed by atoms with E-state index in [4.69, 9.17) is 16.7 Å². The Balaban J connectivity index is 2.24. The second kappa shape index (κ2) is 7.33. The van der Waals surface area contributed by atoms with Gasteiger partial charge in [-0.2, -0.15) is 0 Å². The number of hydrogen-bond acceptors (Lipinski definition) is 5. The third-order valence-corrected chi connectivity index (χ3v) is 3.15. The van der Waals surface area contributed by atoms with E-state index in [1.165, 1.54) is 4.68 Å². The Bertz CT molecular complexity index is 610. The smallest absolute Gasteiger partial charge is 0.115 e. The number of halogens is 1. The van der Waals surface area contributed by atoms with Crippen LogP contribution in [0.5, 0.6) is 0 Å². The molecule has 1 unspecified atom stereocenters. The van der Waals surface area contributed by atoms with E-state index in [0.717, 1.165) is 5.56 Å². The summed E-state index contributed by atoms with van der Waals surface area (Å²) in [6.45, 7) is -0.520. The van der Waals surface area contributed by atoms with Gasteiger partial charge in [0.2, 0.25) is 0 Å². The van der Waals surface area contributed by atoms with Gasteiger partial charge in [0.05, 0.1) is 31.6 Å². The van der Waals surface area contributed by atoms with Crippen LogP contribution in [0.1, 0.15) is 17.0 Å². The average Bonchev–Trinajstić information content (AvgIpc) is 2.88. The van der Waals surface area contributed by atoms with Crippen LogP contribution < -0.4 is 0 Å². The predicted octanol–water partition coefficient (Wildman–Crippen LogP) is 0.947. The van der Waals surface area contributed by atoms with E-state index >= 15 is 0 Å². The van der Waals surface area contributed by atoms with Gasteiger partial charge in [-0.1, -0.05) is 35.0 Å². The number of hydrogen-bond donors (Lipinski definition) is 3. The summed E-state index contributed by atoms with van der Waals surface area (Å²) in [5, 5.41) is 36.0. The van der Waals surface area contributed by atoms with Gasteiger partial charge in [-0.3, -0.25) is 0 Å². The van der Waals surface area contributed by atoms with Gasteiger partial charge in [0.15, 0.2) is 0 Å². The molecule has 112 valence electrons. The lowest BCUT2D eigenvalue weighted by atomic mass is 10.2. The predicted molar refractivity (Wildman–Crippen MR) is 79.4 cm³/mol. The molecule has 0 amide bonds. The minimum atomic E-state index is -0.930. The van der Waals surface area contributed by atoms with Crippen molar-refractivity contribution in [1.29, 1.82) is 0 Å². The fourth-order valence-corrected chi connectivity index (χ4v) is 1.92. The molecular formula is C14H16ClN3O3. The largest absolute Gasteiger partial charge is 0.394 e. The summed E-state index contributed by atoms with van der Waals surface area (Å²) >= 11 is 5.82. The number of rotatable bonds is 6. The van der Waals surface area contributed by atoms with Gasteiger partial charge in [0, 0.05) is 5.02 Å². The number of benzene rings is 1. The molecule has 0 radical (unpaired) electrons. The Morgan fingerprint density at radius 3 is 2.52 bits per heavy atom. The van der Waals surface area contributed by atoms with Crippen molar-refractivity contribution in [3.05, 3.63) is 46.2 Å². The molecule has 0 saturated carbocycles. The molecule has 2 rings (SSSR count). The van der Waals surface area contributed by atoms with Gasteiger partial charge < -0.3 is 15.3 Å². The normalized spacial score (nSPS) is 13.0. The van der Waals surface area contributed by atoms with Crippen LogP contribution in [0.3, 0.4) is 0 Å². The average molecular weight is 310 g/mol. The van der Waals surface area contributed by atoms with Crippen molar-refractivity contribution in [3.63, 3.8) is 0 Å². The molecule has 0 bridgehead atoms. The minimum absolute atomic E-state index is 0.101. The highest BCUT2D eigenvalue weighted by Crippen LogP contribution is 2.14. The van der Waals surface area contributed by atoms with E-state index in [0.29, 0.717) is 16.4 Å². The van der Waals surface area contributed by atoms with Crippen molar-refractivity contribution >= 4 is 23.8 Å². The number of nitrogens with zero attached hydrogens (tertiary/aromatic N) is 3. The first-order valence-electron chi connectivity index (χ1n) is 6.40. The Kier molecular flexibility index (Phi) is 5.46. The van der Waals surface area contributed by atoms with Gasteiger partial charge in [-0.25, -0.2) is 4.68 Å². The van der Waals surface area contributed by atoms with E-state index in [2.05, 4.69) is 10.3 Å². The van der Waals surface area contributed by atoms with Crippen LogP contribution in [-0.4, -0.2) is 43.0 Å². The first-order chi connectivity index (χ1) is 10.1. The highest BCUT2D eigenvalue weighted by Gasteiger charge is 2.12. The summed E-state index contributed by atoms with van der Waals surface area (Å²) in [7, 11) is 0. The molecule has 2 aromatic rings. The fraction of sp³-hybridized carbons (Fsp3) is 0.286. The zero-order chi connectivity index (χ0) is 15.2. The van der Waals surface area contributed by atoms with Gasteiger partial charge in [-0.05, 0) is 23.8 Å². The topological polar surface area (TPSA) is 91.4 Å². The summed E-state index contributed by atoms with van der Waals surface area (Å²) in [5.41, 5.74) is 1.92. The first kappa shape index (κ1) is 15.7. The van der Waals surface area contributed by atoms with Crippen molar-refractivity contribution < 1.29 is 15.3 Å². The molecule has 0 aliphatic rings. The molecule has 1 aromatic heterocycles. The lowest BCUT2D eigenvalue weighted by Crippen LogP contribution is -2.21. The number of aliphatic hydroxyl groups excluding tert-OH is 3. The van der Waals surface area contributed by atoms with Crippen LogP contribution >= 0.6 is 11.6 Å². The van der Waals surface area contributed by atoms with Crippen LogP contribution in [0.2, 0.25) is 5.02 Å². The second-order valence-corrected chi connectivity index (χ2v) is 4.92. The lowest BCUT2D eigenvalue weighted by molar-refractivity contribution is 0.0776. The van der Waals surface area contributed by atoms with E-state index in [1.54, 1.807) is 18.2 Å². The maximum absolute atomic E-state index is 9.49. The van der Waals surface area contributed by atoms with E-state index in [1.807, 2.05) is 18.2 Å². The molecule has 1 atom stereocenters. The fourth-order valence-electron chi connectivity index (χ4n) is 1.79. The third-order valence-electron chi connectivity index (χ3n) is 2.90. The van der Waals surface area contributed by atoms with Crippen molar-refractivity contribution in [2.75, 3.05) is 6.61 Å². The van der Waals surface area contributed by atoms with E-state index in [9.17, 15) is 10.2 Å². The van der Waals surface area contributed by atoms with Crippen LogP contribution in [0, 0.1) is 0 Å². The molecule has 1 aromatic carbocycles. The van der Waals surface area contributed by atoms with Crippen LogP contribution in [-0.2, 0) is 13.2 Å². The summed E-state index contributed by atoms with van der Waals surface area (Å²) in [4.78, 5) is 0. The monoisotopic (exact) mass is 309 g/mol. The molecular weight excluding hydrogens is 294 g/mol.